The van der Waals surface area contributed by atoms with Crippen LogP contribution in [0.1, 0.15) is 39.7 Å². The Balaban J connectivity index is 2.06. The minimum Gasteiger partial charge on any atom is -0.482 e. The van der Waals surface area contributed by atoms with Crippen LogP contribution in [0.3, 0.4) is 0 Å². The Morgan fingerprint density at radius 2 is 1.62 bits per heavy atom. The molecule has 3 unspecified atom stereocenters. The first kappa shape index (κ1) is 32.2. The summed E-state index contributed by atoms with van der Waals surface area (Å²) in [6.07, 6.45) is -0.924. The second-order valence-corrected chi connectivity index (χ2v) is 10.3. The topological polar surface area (TPSA) is 151 Å². The van der Waals surface area contributed by atoms with Gasteiger partial charge in [0.05, 0.1) is 11.7 Å². The molecule has 14 heteroatoms. The van der Waals surface area contributed by atoms with Gasteiger partial charge in [-0.25, -0.2) is 8.78 Å². The van der Waals surface area contributed by atoms with Gasteiger partial charge in [-0.1, -0.05) is 48.2 Å². The highest BCUT2D eigenvalue weighted by atomic mass is 31.0. The first-order valence-electron chi connectivity index (χ1n) is 11.8. The molecule has 0 aromatic heterocycles. The summed E-state index contributed by atoms with van der Waals surface area (Å²) in [5, 5.41) is 15.4. The first-order chi connectivity index (χ1) is 18.5. The molecule has 0 heterocycles. The average Bonchev–Trinajstić information content (AvgIpc) is 2.86. The molecule has 0 spiro atoms. The lowest BCUT2D eigenvalue weighted by molar-refractivity contribution is -0.141. The summed E-state index contributed by atoms with van der Waals surface area (Å²) in [5.41, 5.74) is 0.797. The quantitative estimate of drug-likeness (QED) is 0.190. The fourth-order valence-electron chi connectivity index (χ4n) is 3.44. The van der Waals surface area contributed by atoms with Gasteiger partial charge in [-0.2, -0.15) is 4.39 Å². The number of benzene rings is 2. The molecule has 0 bridgehead atoms. The standard InChI is InChI=1S/C26H29F3N3O7P/c1-12(30-24(37)25(38)31-16-8-6-5-7-13(16)26(2,3)4)23(36)32-17(10-19(34)35)18(33)11-39-21-20(29)14(27)9-15(28)22(21)40/h5-9,12,17H,10-11,40H2,1-4H3,(H,30,37)(H,31,38)(H,32,36)(H,34,35). The third kappa shape index (κ3) is 8.51. The summed E-state index contributed by atoms with van der Waals surface area (Å²) in [5.74, 6) is -11.1. The van der Waals surface area contributed by atoms with E-state index >= 15 is 0 Å². The smallest absolute Gasteiger partial charge is 0.313 e. The van der Waals surface area contributed by atoms with E-state index in [4.69, 9.17) is 9.84 Å². The summed E-state index contributed by atoms with van der Waals surface area (Å²) in [6, 6.07) is 4.00. The second-order valence-electron chi connectivity index (χ2n) is 9.76. The van der Waals surface area contributed by atoms with Crippen LogP contribution in [0.5, 0.6) is 5.75 Å². The highest BCUT2D eigenvalue weighted by Crippen LogP contribution is 2.29. The zero-order chi connectivity index (χ0) is 30.4. The van der Waals surface area contributed by atoms with Crippen molar-refractivity contribution in [2.24, 2.45) is 0 Å². The third-order valence-corrected chi connectivity index (χ3v) is 6.08. The van der Waals surface area contributed by atoms with Crippen LogP contribution in [0.15, 0.2) is 30.3 Å². The van der Waals surface area contributed by atoms with Crippen LogP contribution >= 0.6 is 9.24 Å². The van der Waals surface area contributed by atoms with Crippen LogP contribution < -0.4 is 26.0 Å². The van der Waals surface area contributed by atoms with Crippen molar-refractivity contribution in [2.45, 2.75) is 51.6 Å². The number of carbonyl (C=O) groups is 5. The Bertz CT molecular complexity index is 1310. The van der Waals surface area contributed by atoms with Crippen molar-refractivity contribution in [3.63, 3.8) is 0 Å². The SMILES string of the molecule is CC(NC(=O)C(=O)Nc1ccccc1C(C)(C)C)C(=O)NC(CC(=O)O)C(=O)COc1c(F)c(F)cc(F)c1P. The number of para-hydroxylation sites is 1. The van der Waals surface area contributed by atoms with Crippen molar-refractivity contribution in [2.75, 3.05) is 11.9 Å². The number of carbonyl (C=O) groups excluding carboxylic acids is 4. The van der Waals surface area contributed by atoms with E-state index in [2.05, 4.69) is 16.0 Å². The zero-order valence-electron chi connectivity index (χ0n) is 22.1. The molecule has 4 N–H and O–H groups in total. The summed E-state index contributed by atoms with van der Waals surface area (Å²) in [6.45, 7) is 5.88. The van der Waals surface area contributed by atoms with Crippen LogP contribution in [-0.2, 0) is 29.4 Å². The molecular weight excluding hydrogens is 554 g/mol. The van der Waals surface area contributed by atoms with Crippen LogP contribution in [0.4, 0.5) is 18.9 Å². The lowest BCUT2D eigenvalue weighted by atomic mass is 9.86. The number of ether oxygens (including phenoxy) is 1. The molecule has 0 saturated carbocycles. The maximum atomic E-state index is 14.0. The molecule has 0 aliphatic heterocycles. The van der Waals surface area contributed by atoms with Gasteiger partial charge >= 0.3 is 17.8 Å². The van der Waals surface area contributed by atoms with Crippen molar-refractivity contribution in [3.05, 3.63) is 53.3 Å². The number of nitrogens with one attached hydrogen (secondary N) is 3. The zero-order valence-corrected chi connectivity index (χ0v) is 23.2. The Morgan fingerprint density at radius 3 is 2.23 bits per heavy atom. The van der Waals surface area contributed by atoms with Gasteiger partial charge in [0.2, 0.25) is 11.7 Å². The van der Waals surface area contributed by atoms with Crippen LogP contribution in [-0.4, -0.2) is 53.3 Å². The fourth-order valence-corrected chi connectivity index (χ4v) is 3.74. The molecule has 40 heavy (non-hydrogen) atoms. The number of carboxylic acid groups (broad SMARTS) is 1. The lowest BCUT2D eigenvalue weighted by Crippen LogP contribution is -2.53. The normalized spacial score (nSPS) is 12.6. The number of hydrogen-bond donors (Lipinski definition) is 4. The van der Waals surface area contributed by atoms with E-state index in [1.807, 2.05) is 20.8 Å². The van der Waals surface area contributed by atoms with Crippen molar-refractivity contribution in [3.8, 4) is 5.75 Å². The number of halogens is 3. The van der Waals surface area contributed by atoms with Gasteiger partial charge in [0.15, 0.2) is 17.3 Å². The predicted molar refractivity (Wildman–Crippen MR) is 142 cm³/mol. The van der Waals surface area contributed by atoms with Crippen molar-refractivity contribution >= 4 is 49.7 Å². The Hall–Kier alpha value is -3.99. The molecule has 0 aliphatic carbocycles. The number of aliphatic carboxylic acids is 1. The van der Waals surface area contributed by atoms with Gasteiger partial charge in [-0.05, 0) is 24.0 Å². The van der Waals surface area contributed by atoms with E-state index in [1.54, 1.807) is 33.5 Å². The number of Topliss-reactive ketones (excluding diaryl/α,β-unsaturated/α-hetero) is 1. The van der Waals surface area contributed by atoms with E-state index in [-0.39, 0.29) is 11.5 Å². The summed E-state index contributed by atoms with van der Waals surface area (Å²) in [7, 11) is 1.78. The monoisotopic (exact) mass is 583 g/mol. The van der Waals surface area contributed by atoms with Crippen LogP contribution in [0.25, 0.3) is 0 Å². The molecule has 3 amide bonds. The molecule has 0 saturated heterocycles. The molecule has 216 valence electrons. The van der Waals surface area contributed by atoms with Gasteiger partial charge in [-0.3, -0.25) is 24.0 Å². The minimum atomic E-state index is -1.72. The summed E-state index contributed by atoms with van der Waals surface area (Å²) >= 11 is 0. The van der Waals surface area contributed by atoms with E-state index < -0.39 is 83.1 Å². The molecule has 0 radical (unpaired) electrons. The highest BCUT2D eigenvalue weighted by molar-refractivity contribution is 7.27. The largest absolute Gasteiger partial charge is 0.482 e. The Morgan fingerprint density at radius 1 is 1.00 bits per heavy atom. The van der Waals surface area contributed by atoms with Crippen molar-refractivity contribution in [1.29, 1.82) is 0 Å². The number of rotatable bonds is 10. The van der Waals surface area contributed by atoms with E-state index in [1.165, 1.54) is 6.92 Å². The maximum absolute atomic E-state index is 14.0. The van der Waals surface area contributed by atoms with E-state index in [0.29, 0.717) is 5.69 Å². The number of amides is 3. The van der Waals surface area contributed by atoms with Crippen molar-refractivity contribution < 1.29 is 47.0 Å². The minimum absolute atomic E-state index is 0.277. The lowest BCUT2D eigenvalue weighted by Gasteiger charge is -2.23. The molecule has 0 aliphatic rings. The molecule has 2 aromatic rings. The number of hydrogen-bond acceptors (Lipinski definition) is 6. The molecule has 2 aromatic carbocycles. The summed E-state index contributed by atoms with van der Waals surface area (Å²) < 4.78 is 46.1. The van der Waals surface area contributed by atoms with Crippen molar-refractivity contribution in [1.82, 2.24) is 10.6 Å². The maximum Gasteiger partial charge on any atom is 0.313 e. The molecule has 2 rings (SSSR count). The molecule has 10 nitrogen and oxygen atoms in total. The second kappa shape index (κ2) is 13.4. The molecule has 0 fully saturated rings. The van der Waals surface area contributed by atoms with Crippen LogP contribution in [0.2, 0.25) is 0 Å². The first-order valence-corrected chi connectivity index (χ1v) is 12.4. The number of anilines is 1. The van der Waals surface area contributed by atoms with Gasteiger partial charge in [0.25, 0.3) is 0 Å². The summed E-state index contributed by atoms with van der Waals surface area (Å²) in [4.78, 5) is 61.3. The fraction of sp³-hybridized carbons (Fsp3) is 0.346. The highest BCUT2D eigenvalue weighted by Gasteiger charge is 2.29. The van der Waals surface area contributed by atoms with E-state index in [9.17, 15) is 37.1 Å². The molecular formula is C26H29F3N3O7P. The average molecular weight is 584 g/mol. The van der Waals surface area contributed by atoms with Gasteiger partial charge in [0.1, 0.15) is 24.5 Å². The Labute approximate surface area is 230 Å². The number of carboxylic acids is 1. The van der Waals surface area contributed by atoms with Gasteiger partial charge in [-0.15, -0.1) is 0 Å². The third-order valence-electron chi connectivity index (χ3n) is 5.54. The number of ketones is 1. The van der Waals surface area contributed by atoms with Gasteiger partial charge in [0, 0.05) is 11.8 Å². The predicted octanol–water partition coefficient (Wildman–Crippen LogP) is 1.95. The van der Waals surface area contributed by atoms with Crippen LogP contribution in [0, 0.1) is 17.5 Å². The van der Waals surface area contributed by atoms with E-state index in [0.717, 1.165) is 5.56 Å². The Kier molecular flexibility index (Phi) is 10.8. The van der Waals surface area contributed by atoms with Gasteiger partial charge < -0.3 is 25.8 Å². The molecule has 3 atom stereocenters.